The van der Waals surface area contributed by atoms with Crippen LogP contribution in [0.1, 0.15) is 6.92 Å². The van der Waals surface area contributed by atoms with E-state index in [1.807, 2.05) is 6.92 Å². The lowest BCUT2D eigenvalue weighted by Crippen LogP contribution is -2.00. The van der Waals surface area contributed by atoms with Gasteiger partial charge in [0.1, 0.15) is 12.0 Å². The quantitative estimate of drug-likeness (QED) is 0.655. The lowest BCUT2D eigenvalue weighted by Gasteiger charge is -2.03. The lowest BCUT2D eigenvalue weighted by molar-refractivity contribution is -0.385. The number of nitrogens with one attached hydrogen (secondary N) is 1. The fraction of sp³-hybridized carbons (Fsp3) is 0.286. The van der Waals surface area contributed by atoms with Crippen molar-refractivity contribution in [3.63, 3.8) is 0 Å². The van der Waals surface area contributed by atoms with E-state index in [9.17, 15) is 10.1 Å². The normalized spacial score (nSPS) is 9.69. The summed E-state index contributed by atoms with van der Waals surface area (Å²) < 4.78 is 0.601. The van der Waals surface area contributed by atoms with Gasteiger partial charge in [-0.2, -0.15) is 0 Å². The van der Waals surface area contributed by atoms with Gasteiger partial charge in [0, 0.05) is 12.6 Å². The van der Waals surface area contributed by atoms with Crippen molar-refractivity contribution < 1.29 is 4.92 Å². The maximum atomic E-state index is 10.3. The van der Waals surface area contributed by atoms with Gasteiger partial charge >= 0.3 is 0 Å². The summed E-state index contributed by atoms with van der Waals surface area (Å²) in [6.45, 7) is 2.65. The van der Waals surface area contributed by atoms with Gasteiger partial charge in [-0.15, -0.1) is 0 Å². The molecule has 1 N–H and O–H groups in total. The zero-order valence-corrected chi connectivity index (χ0v) is 8.54. The molecule has 0 atom stereocenters. The van der Waals surface area contributed by atoms with Crippen molar-refractivity contribution in [3.8, 4) is 0 Å². The highest BCUT2D eigenvalue weighted by atomic mass is 79.9. The monoisotopic (exact) mass is 245 g/mol. The van der Waals surface area contributed by atoms with Gasteiger partial charge in [0.15, 0.2) is 0 Å². The molecule has 0 amide bonds. The van der Waals surface area contributed by atoms with E-state index < -0.39 is 4.92 Å². The zero-order chi connectivity index (χ0) is 9.84. The van der Waals surface area contributed by atoms with E-state index >= 15 is 0 Å². The average molecular weight is 246 g/mol. The van der Waals surface area contributed by atoms with Crippen LogP contribution >= 0.6 is 15.9 Å². The summed E-state index contributed by atoms with van der Waals surface area (Å²) in [4.78, 5) is 13.8. The standard InChI is InChI=1S/C7H8BrN3O2/c1-2-9-7-6(8)3-5(4-10-7)11(12)13/h3-4H,2H2,1H3,(H,9,10). The van der Waals surface area contributed by atoms with Crippen molar-refractivity contribution in [1.82, 2.24) is 4.98 Å². The molecule has 13 heavy (non-hydrogen) atoms. The zero-order valence-electron chi connectivity index (χ0n) is 6.95. The molecular weight excluding hydrogens is 238 g/mol. The van der Waals surface area contributed by atoms with Gasteiger partial charge < -0.3 is 5.32 Å². The van der Waals surface area contributed by atoms with Crippen LogP contribution in [0.25, 0.3) is 0 Å². The largest absolute Gasteiger partial charge is 0.369 e. The highest BCUT2D eigenvalue weighted by Gasteiger charge is 2.09. The van der Waals surface area contributed by atoms with Crippen LogP contribution in [0.2, 0.25) is 0 Å². The van der Waals surface area contributed by atoms with E-state index in [0.717, 1.165) is 6.54 Å². The third-order valence-corrected chi connectivity index (χ3v) is 1.99. The van der Waals surface area contributed by atoms with Gasteiger partial charge in [-0.25, -0.2) is 4.98 Å². The molecule has 0 spiro atoms. The van der Waals surface area contributed by atoms with E-state index in [1.165, 1.54) is 12.3 Å². The van der Waals surface area contributed by atoms with E-state index in [2.05, 4.69) is 26.2 Å². The van der Waals surface area contributed by atoms with E-state index in [0.29, 0.717) is 10.3 Å². The first-order valence-electron chi connectivity index (χ1n) is 3.69. The molecule has 5 nitrogen and oxygen atoms in total. The van der Waals surface area contributed by atoms with Crippen molar-refractivity contribution in [2.45, 2.75) is 6.92 Å². The summed E-state index contributed by atoms with van der Waals surface area (Å²) in [6, 6.07) is 1.42. The van der Waals surface area contributed by atoms with Crippen LogP contribution < -0.4 is 5.32 Å². The SMILES string of the molecule is CCNc1ncc([N+](=O)[O-])cc1Br. The Morgan fingerprint density at radius 2 is 2.46 bits per heavy atom. The van der Waals surface area contributed by atoms with Crippen molar-refractivity contribution in [3.05, 3.63) is 26.9 Å². The first-order chi connectivity index (χ1) is 6.15. The van der Waals surface area contributed by atoms with Crippen molar-refractivity contribution in [2.24, 2.45) is 0 Å². The Morgan fingerprint density at radius 1 is 1.77 bits per heavy atom. The summed E-state index contributed by atoms with van der Waals surface area (Å²) in [7, 11) is 0. The first kappa shape index (κ1) is 9.91. The number of nitrogens with zero attached hydrogens (tertiary/aromatic N) is 2. The average Bonchev–Trinajstić information content (AvgIpc) is 2.08. The summed E-state index contributed by atoms with van der Waals surface area (Å²) in [5.74, 6) is 0.619. The second kappa shape index (κ2) is 4.18. The number of pyridine rings is 1. The van der Waals surface area contributed by atoms with Crippen LogP contribution in [-0.4, -0.2) is 16.5 Å². The van der Waals surface area contributed by atoms with Gasteiger partial charge in [0.2, 0.25) is 0 Å². The highest BCUT2D eigenvalue weighted by molar-refractivity contribution is 9.10. The molecular formula is C7H8BrN3O2. The fourth-order valence-electron chi connectivity index (χ4n) is 0.825. The molecule has 0 fully saturated rings. The molecule has 70 valence electrons. The summed E-state index contributed by atoms with van der Waals surface area (Å²) >= 11 is 3.19. The number of anilines is 1. The highest BCUT2D eigenvalue weighted by Crippen LogP contribution is 2.23. The molecule has 1 rings (SSSR count). The first-order valence-corrected chi connectivity index (χ1v) is 4.48. The molecule has 0 unspecified atom stereocenters. The van der Waals surface area contributed by atoms with Gasteiger partial charge in [-0.3, -0.25) is 10.1 Å². The topological polar surface area (TPSA) is 68.1 Å². The number of hydrogen-bond donors (Lipinski definition) is 1. The Bertz CT molecular complexity index is 330. The van der Waals surface area contributed by atoms with E-state index in [-0.39, 0.29) is 5.69 Å². The van der Waals surface area contributed by atoms with Crippen LogP contribution in [0.15, 0.2) is 16.7 Å². The third kappa shape index (κ3) is 2.38. The molecule has 0 aromatic carbocycles. The van der Waals surface area contributed by atoms with Crippen molar-refractivity contribution in [2.75, 3.05) is 11.9 Å². The minimum absolute atomic E-state index is 0.0199. The molecule has 0 aliphatic heterocycles. The Morgan fingerprint density at radius 3 is 2.92 bits per heavy atom. The van der Waals surface area contributed by atoms with Gasteiger partial charge in [-0.05, 0) is 22.9 Å². The predicted octanol–water partition coefficient (Wildman–Crippen LogP) is 2.18. The van der Waals surface area contributed by atoms with E-state index in [1.54, 1.807) is 0 Å². The maximum Gasteiger partial charge on any atom is 0.288 e. The van der Waals surface area contributed by atoms with Crippen LogP contribution in [0.3, 0.4) is 0 Å². The maximum absolute atomic E-state index is 10.3. The Labute approximate surface area is 83.5 Å². The molecule has 0 saturated heterocycles. The van der Waals surface area contributed by atoms with Crippen LogP contribution in [0.4, 0.5) is 11.5 Å². The minimum atomic E-state index is -0.479. The molecule has 1 aromatic heterocycles. The van der Waals surface area contributed by atoms with Gasteiger partial charge in [-0.1, -0.05) is 0 Å². The number of aromatic nitrogens is 1. The van der Waals surface area contributed by atoms with E-state index in [4.69, 9.17) is 0 Å². The Hall–Kier alpha value is -1.17. The molecule has 1 heterocycles. The molecule has 6 heteroatoms. The van der Waals surface area contributed by atoms with Crippen LogP contribution in [0, 0.1) is 10.1 Å². The molecule has 1 aromatic rings. The third-order valence-electron chi connectivity index (χ3n) is 1.38. The second-order valence-electron chi connectivity index (χ2n) is 2.31. The summed E-state index contributed by atoms with van der Waals surface area (Å²) in [5, 5.41) is 13.3. The number of halogens is 1. The van der Waals surface area contributed by atoms with Gasteiger partial charge in [0.05, 0.1) is 9.40 Å². The van der Waals surface area contributed by atoms with Crippen molar-refractivity contribution >= 4 is 27.4 Å². The predicted molar refractivity (Wildman–Crippen MR) is 52.8 cm³/mol. The molecule has 0 saturated carbocycles. The molecule has 0 radical (unpaired) electrons. The molecule has 0 aliphatic rings. The molecule has 0 aliphatic carbocycles. The van der Waals surface area contributed by atoms with Crippen LogP contribution in [-0.2, 0) is 0 Å². The summed E-state index contributed by atoms with van der Waals surface area (Å²) in [6.07, 6.45) is 1.22. The fourth-order valence-corrected chi connectivity index (χ4v) is 1.30. The smallest absolute Gasteiger partial charge is 0.288 e. The Balaban J connectivity index is 2.98. The Kier molecular flexibility index (Phi) is 3.18. The van der Waals surface area contributed by atoms with Crippen molar-refractivity contribution in [1.29, 1.82) is 0 Å². The number of nitro groups is 1. The van der Waals surface area contributed by atoms with Gasteiger partial charge in [0.25, 0.3) is 5.69 Å². The van der Waals surface area contributed by atoms with Crippen LogP contribution in [0.5, 0.6) is 0 Å². The lowest BCUT2D eigenvalue weighted by atomic mass is 10.4. The minimum Gasteiger partial charge on any atom is -0.369 e. The molecule has 0 bridgehead atoms. The number of hydrogen-bond acceptors (Lipinski definition) is 4. The second-order valence-corrected chi connectivity index (χ2v) is 3.17. The summed E-state index contributed by atoms with van der Waals surface area (Å²) in [5.41, 5.74) is -0.0199. The number of rotatable bonds is 3.